The Hall–Kier alpha value is -0.0800. The van der Waals surface area contributed by atoms with Crippen molar-refractivity contribution in [1.82, 2.24) is 5.32 Å². The van der Waals surface area contributed by atoms with E-state index in [0.717, 1.165) is 11.8 Å². The molecule has 0 heterocycles. The van der Waals surface area contributed by atoms with Crippen molar-refractivity contribution < 1.29 is 0 Å². The van der Waals surface area contributed by atoms with Crippen LogP contribution in [-0.2, 0) is 0 Å². The molecule has 16 heavy (non-hydrogen) atoms. The summed E-state index contributed by atoms with van der Waals surface area (Å²) in [7, 11) is 0. The van der Waals surface area contributed by atoms with E-state index < -0.39 is 0 Å². The number of hydrogen-bond acceptors (Lipinski definition) is 2. The molecule has 2 rings (SSSR count). The first-order valence-electron chi connectivity index (χ1n) is 6.82. The smallest absolute Gasteiger partial charge is 0.00420 e. The maximum Gasteiger partial charge on any atom is 0.00420 e. The summed E-state index contributed by atoms with van der Waals surface area (Å²) in [5.41, 5.74) is 6.97. The molecule has 2 aliphatic carbocycles. The summed E-state index contributed by atoms with van der Waals surface area (Å²) in [5.74, 6) is 1.68. The first-order chi connectivity index (χ1) is 7.35. The van der Waals surface area contributed by atoms with Crippen LogP contribution in [0.1, 0.15) is 47.0 Å². The van der Waals surface area contributed by atoms with Crippen molar-refractivity contribution in [2.45, 2.75) is 53.0 Å². The highest BCUT2D eigenvalue weighted by atomic mass is 14.9. The molecule has 0 bridgehead atoms. The van der Waals surface area contributed by atoms with Crippen LogP contribution in [0.25, 0.3) is 0 Å². The molecule has 2 unspecified atom stereocenters. The Labute approximate surface area is 100 Å². The van der Waals surface area contributed by atoms with E-state index in [4.69, 9.17) is 5.73 Å². The van der Waals surface area contributed by atoms with E-state index in [0.29, 0.717) is 16.9 Å². The monoisotopic (exact) mass is 224 g/mol. The zero-order valence-electron chi connectivity index (χ0n) is 11.3. The predicted molar refractivity (Wildman–Crippen MR) is 69.2 cm³/mol. The lowest BCUT2D eigenvalue weighted by Crippen LogP contribution is -2.26. The molecule has 2 atom stereocenters. The van der Waals surface area contributed by atoms with Crippen LogP contribution in [0, 0.1) is 22.7 Å². The molecular formula is C14H28N2. The van der Waals surface area contributed by atoms with Crippen molar-refractivity contribution >= 4 is 0 Å². The highest BCUT2D eigenvalue weighted by molar-refractivity contribution is 5.12. The third-order valence-electron chi connectivity index (χ3n) is 5.68. The Morgan fingerprint density at radius 3 is 2.12 bits per heavy atom. The SMILES string of the molecule is CC1(C)C(CNCC2CCC(N)C2)C1(C)C. The molecule has 0 amide bonds. The minimum atomic E-state index is 0.473. The van der Waals surface area contributed by atoms with E-state index in [-0.39, 0.29) is 0 Å². The van der Waals surface area contributed by atoms with Gasteiger partial charge in [-0.25, -0.2) is 0 Å². The fourth-order valence-electron chi connectivity index (χ4n) is 3.57. The van der Waals surface area contributed by atoms with E-state index in [1.165, 1.54) is 32.4 Å². The van der Waals surface area contributed by atoms with Crippen molar-refractivity contribution in [3.63, 3.8) is 0 Å². The molecular weight excluding hydrogens is 196 g/mol. The van der Waals surface area contributed by atoms with Gasteiger partial charge in [0.1, 0.15) is 0 Å². The van der Waals surface area contributed by atoms with Crippen molar-refractivity contribution in [3.8, 4) is 0 Å². The van der Waals surface area contributed by atoms with Crippen molar-refractivity contribution in [1.29, 1.82) is 0 Å². The molecule has 2 fully saturated rings. The molecule has 2 nitrogen and oxygen atoms in total. The molecule has 0 aliphatic heterocycles. The number of nitrogens with one attached hydrogen (secondary N) is 1. The molecule has 2 aliphatic rings. The predicted octanol–water partition coefficient (Wildman–Crippen LogP) is 2.39. The third-order valence-corrected chi connectivity index (χ3v) is 5.68. The van der Waals surface area contributed by atoms with Crippen LogP contribution in [0.3, 0.4) is 0 Å². The molecule has 0 radical (unpaired) electrons. The maximum absolute atomic E-state index is 5.93. The van der Waals surface area contributed by atoms with E-state index in [2.05, 4.69) is 33.0 Å². The summed E-state index contributed by atoms with van der Waals surface area (Å²) in [5, 5.41) is 3.67. The van der Waals surface area contributed by atoms with Gasteiger partial charge >= 0.3 is 0 Å². The van der Waals surface area contributed by atoms with Gasteiger partial charge in [-0.3, -0.25) is 0 Å². The lowest BCUT2D eigenvalue weighted by Gasteiger charge is -2.11. The van der Waals surface area contributed by atoms with Crippen molar-refractivity contribution in [2.75, 3.05) is 13.1 Å². The van der Waals surface area contributed by atoms with Crippen LogP contribution < -0.4 is 11.1 Å². The van der Waals surface area contributed by atoms with Gasteiger partial charge in [-0.15, -0.1) is 0 Å². The fourth-order valence-corrected chi connectivity index (χ4v) is 3.57. The van der Waals surface area contributed by atoms with Gasteiger partial charge in [-0.2, -0.15) is 0 Å². The van der Waals surface area contributed by atoms with Gasteiger partial charge in [-0.1, -0.05) is 27.7 Å². The molecule has 0 spiro atoms. The molecule has 0 aromatic rings. The van der Waals surface area contributed by atoms with Crippen molar-refractivity contribution in [3.05, 3.63) is 0 Å². The Morgan fingerprint density at radius 2 is 1.69 bits per heavy atom. The van der Waals surface area contributed by atoms with Gasteiger partial charge in [0.2, 0.25) is 0 Å². The normalized spacial score (nSPS) is 36.6. The Kier molecular flexibility index (Phi) is 3.09. The standard InChI is InChI=1S/C14H28N2/c1-13(2)12(14(13,3)4)9-16-8-10-5-6-11(15)7-10/h10-12,16H,5-9,15H2,1-4H3. The number of nitrogens with two attached hydrogens (primary N) is 1. The lowest BCUT2D eigenvalue weighted by molar-refractivity contribution is 0.452. The second-order valence-corrected chi connectivity index (χ2v) is 7.09. The first kappa shape index (κ1) is 12.4. The van der Waals surface area contributed by atoms with Gasteiger partial charge in [-0.05, 0) is 55.0 Å². The first-order valence-corrected chi connectivity index (χ1v) is 6.82. The topological polar surface area (TPSA) is 38.0 Å². The maximum atomic E-state index is 5.93. The van der Waals surface area contributed by atoms with E-state index >= 15 is 0 Å². The van der Waals surface area contributed by atoms with Gasteiger partial charge in [0, 0.05) is 6.04 Å². The largest absolute Gasteiger partial charge is 0.328 e. The van der Waals surface area contributed by atoms with Crippen LogP contribution in [-0.4, -0.2) is 19.1 Å². The quantitative estimate of drug-likeness (QED) is 0.769. The molecule has 2 saturated carbocycles. The summed E-state index contributed by atoms with van der Waals surface area (Å²) < 4.78 is 0. The average Bonchev–Trinajstić information content (AvgIpc) is 2.53. The Morgan fingerprint density at radius 1 is 1.06 bits per heavy atom. The fraction of sp³-hybridized carbons (Fsp3) is 1.00. The van der Waals surface area contributed by atoms with Crippen LogP contribution >= 0.6 is 0 Å². The van der Waals surface area contributed by atoms with E-state index in [1.807, 2.05) is 0 Å². The Bertz CT molecular complexity index is 243. The minimum absolute atomic E-state index is 0.473. The second-order valence-electron chi connectivity index (χ2n) is 7.09. The van der Waals surface area contributed by atoms with Crippen molar-refractivity contribution in [2.24, 2.45) is 28.4 Å². The molecule has 0 aromatic carbocycles. The average molecular weight is 224 g/mol. The van der Waals surface area contributed by atoms with Crippen LogP contribution in [0.5, 0.6) is 0 Å². The molecule has 2 heteroatoms. The van der Waals surface area contributed by atoms with Gasteiger partial charge in [0.05, 0.1) is 0 Å². The lowest BCUT2D eigenvalue weighted by atomic mass is 10.0. The zero-order valence-corrected chi connectivity index (χ0v) is 11.3. The highest BCUT2D eigenvalue weighted by Crippen LogP contribution is 2.67. The minimum Gasteiger partial charge on any atom is -0.328 e. The summed E-state index contributed by atoms with van der Waals surface area (Å²) in [6.07, 6.45) is 3.78. The summed E-state index contributed by atoms with van der Waals surface area (Å²) in [6.45, 7) is 11.9. The van der Waals surface area contributed by atoms with E-state index in [1.54, 1.807) is 0 Å². The number of hydrogen-bond donors (Lipinski definition) is 2. The summed E-state index contributed by atoms with van der Waals surface area (Å²) in [6, 6.07) is 0.473. The Balaban J connectivity index is 1.67. The van der Waals surface area contributed by atoms with Gasteiger partial charge in [0.15, 0.2) is 0 Å². The van der Waals surface area contributed by atoms with Gasteiger partial charge in [0.25, 0.3) is 0 Å². The third kappa shape index (κ3) is 2.02. The van der Waals surface area contributed by atoms with E-state index in [9.17, 15) is 0 Å². The molecule has 0 aromatic heterocycles. The molecule has 3 N–H and O–H groups in total. The summed E-state index contributed by atoms with van der Waals surface area (Å²) in [4.78, 5) is 0. The number of rotatable bonds is 4. The summed E-state index contributed by atoms with van der Waals surface area (Å²) >= 11 is 0. The van der Waals surface area contributed by atoms with Gasteiger partial charge < -0.3 is 11.1 Å². The molecule has 94 valence electrons. The van der Waals surface area contributed by atoms with Crippen LogP contribution in [0.15, 0.2) is 0 Å². The highest BCUT2D eigenvalue weighted by Gasteiger charge is 2.63. The second kappa shape index (κ2) is 3.99. The van der Waals surface area contributed by atoms with Crippen LogP contribution in [0.4, 0.5) is 0 Å². The van der Waals surface area contributed by atoms with Crippen LogP contribution in [0.2, 0.25) is 0 Å². The molecule has 0 saturated heterocycles. The zero-order chi connectivity index (χ0) is 12.0.